The van der Waals surface area contributed by atoms with Crippen molar-refractivity contribution in [2.75, 3.05) is 27.2 Å². The highest BCUT2D eigenvalue weighted by atomic mass is 35.5. The molecule has 0 bridgehead atoms. The molecule has 1 fully saturated rings. The second-order valence-electron chi connectivity index (χ2n) is 7.30. The maximum absolute atomic E-state index is 13.4. The number of amides is 1. The van der Waals surface area contributed by atoms with Gasteiger partial charge >= 0.3 is 0 Å². The SMILES string of the molecule is COc1ccc(CN(C)C(=O)C2CCN(S(=O)(=O)c3ccc(F)c(Cl)c3)CC2)cc1. The number of ether oxygens (including phenoxy) is 1. The Morgan fingerprint density at radius 2 is 1.83 bits per heavy atom. The van der Waals surface area contributed by atoms with E-state index in [4.69, 9.17) is 16.3 Å². The summed E-state index contributed by atoms with van der Waals surface area (Å²) in [5.41, 5.74) is 0.986. The third kappa shape index (κ3) is 4.94. The minimum absolute atomic E-state index is 0.00677. The number of piperidine rings is 1. The van der Waals surface area contributed by atoms with Gasteiger partial charge in [0.15, 0.2) is 0 Å². The molecule has 1 aliphatic rings. The molecule has 3 rings (SSSR count). The Balaban J connectivity index is 1.59. The van der Waals surface area contributed by atoms with Crippen molar-refractivity contribution in [1.82, 2.24) is 9.21 Å². The van der Waals surface area contributed by atoms with E-state index in [1.165, 1.54) is 10.4 Å². The molecule has 0 unspecified atom stereocenters. The van der Waals surface area contributed by atoms with Gasteiger partial charge < -0.3 is 9.64 Å². The average Bonchev–Trinajstić information content (AvgIpc) is 2.75. The van der Waals surface area contributed by atoms with E-state index in [9.17, 15) is 17.6 Å². The number of benzene rings is 2. The molecule has 9 heteroatoms. The van der Waals surface area contributed by atoms with Crippen LogP contribution < -0.4 is 4.74 Å². The van der Waals surface area contributed by atoms with Crippen LogP contribution >= 0.6 is 11.6 Å². The van der Waals surface area contributed by atoms with Crippen molar-refractivity contribution in [3.8, 4) is 5.75 Å². The Morgan fingerprint density at radius 3 is 2.40 bits per heavy atom. The van der Waals surface area contributed by atoms with Crippen LogP contribution in [-0.2, 0) is 21.4 Å². The molecule has 0 atom stereocenters. The number of halogens is 2. The molecular weight excluding hydrogens is 431 g/mol. The first-order valence-corrected chi connectivity index (χ1v) is 11.4. The zero-order chi connectivity index (χ0) is 21.9. The summed E-state index contributed by atoms with van der Waals surface area (Å²) >= 11 is 5.73. The van der Waals surface area contributed by atoms with Gasteiger partial charge in [0.1, 0.15) is 11.6 Å². The molecule has 6 nitrogen and oxygen atoms in total. The van der Waals surface area contributed by atoms with Crippen molar-refractivity contribution >= 4 is 27.5 Å². The minimum atomic E-state index is -3.78. The molecule has 1 amide bonds. The lowest BCUT2D eigenvalue weighted by atomic mass is 9.96. The molecule has 2 aromatic carbocycles. The summed E-state index contributed by atoms with van der Waals surface area (Å²) in [5, 5.41) is -0.235. The first-order chi connectivity index (χ1) is 14.2. The minimum Gasteiger partial charge on any atom is -0.497 e. The van der Waals surface area contributed by atoms with Crippen molar-refractivity contribution in [2.45, 2.75) is 24.3 Å². The van der Waals surface area contributed by atoms with Gasteiger partial charge in [0.05, 0.1) is 17.0 Å². The number of hydrogen-bond donors (Lipinski definition) is 0. The van der Waals surface area contributed by atoms with Crippen molar-refractivity contribution in [2.24, 2.45) is 5.92 Å². The summed E-state index contributed by atoms with van der Waals surface area (Å²) in [6, 6.07) is 10.9. The molecule has 162 valence electrons. The molecule has 1 aliphatic heterocycles. The summed E-state index contributed by atoms with van der Waals surface area (Å²) in [7, 11) is -0.435. The van der Waals surface area contributed by atoms with E-state index < -0.39 is 15.8 Å². The third-order valence-corrected chi connectivity index (χ3v) is 7.47. The zero-order valence-electron chi connectivity index (χ0n) is 16.8. The van der Waals surface area contributed by atoms with Crippen LogP contribution in [0.2, 0.25) is 5.02 Å². The lowest BCUT2D eigenvalue weighted by molar-refractivity contribution is -0.135. The summed E-state index contributed by atoms with van der Waals surface area (Å²) in [6.07, 6.45) is 0.861. The maximum atomic E-state index is 13.4. The Hall–Kier alpha value is -2.16. The standard InChI is InChI=1S/C21H24ClFN2O4S/c1-24(14-15-3-5-17(29-2)6-4-15)21(26)16-9-11-25(12-10-16)30(27,28)18-7-8-20(23)19(22)13-18/h3-8,13,16H,9-12,14H2,1-2H3. The molecule has 0 saturated carbocycles. The van der Waals surface area contributed by atoms with Crippen molar-refractivity contribution < 1.29 is 22.3 Å². The molecule has 30 heavy (non-hydrogen) atoms. The summed E-state index contributed by atoms with van der Waals surface area (Å²) in [5.74, 6) is -0.159. The molecule has 0 N–H and O–H groups in total. The van der Waals surface area contributed by atoms with Crippen LogP contribution in [0.4, 0.5) is 4.39 Å². The molecule has 0 aromatic heterocycles. The Labute approximate surface area is 181 Å². The van der Waals surface area contributed by atoms with Crippen LogP contribution in [0.5, 0.6) is 5.75 Å². The fraction of sp³-hybridized carbons (Fsp3) is 0.381. The smallest absolute Gasteiger partial charge is 0.243 e. The molecule has 1 saturated heterocycles. The molecule has 0 spiro atoms. The van der Waals surface area contributed by atoms with Gasteiger partial charge in [-0.15, -0.1) is 0 Å². The van der Waals surface area contributed by atoms with E-state index in [0.29, 0.717) is 19.4 Å². The number of carbonyl (C=O) groups is 1. The van der Waals surface area contributed by atoms with Gasteiger partial charge in [-0.1, -0.05) is 23.7 Å². The molecular formula is C21H24ClFN2O4S. The highest BCUT2D eigenvalue weighted by Gasteiger charge is 2.33. The van der Waals surface area contributed by atoms with Gasteiger partial charge in [0.2, 0.25) is 15.9 Å². The second-order valence-corrected chi connectivity index (χ2v) is 9.64. The van der Waals surface area contributed by atoms with Crippen LogP contribution in [0.1, 0.15) is 18.4 Å². The quantitative estimate of drug-likeness (QED) is 0.669. The zero-order valence-corrected chi connectivity index (χ0v) is 18.4. The van der Waals surface area contributed by atoms with Gasteiger partial charge in [0, 0.05) is 32.6 Å². The van der Waals surface area contributed by atoms with Crippen molar-refractivity contribution in [1.29, 1.82) is 0 Å². The van der Waals surface area contributed by atoms with Crippen LogP contribution in [-0.4, -0.2) is 50.8 Å². The lowest BCUT2D eigenvalue weighted by Crippen LogP contribution is -2.43. The number of sulfonamides is 1. The molecule has 2 aromatic rings. The number of carbonyl (C=O) groups excluding carboxylic acids is 1. The second kappa shape index (κ2) is 9.32. The summed E-state index contributed by atoms with van der Waals surface area (Å²) in [6.45, 7) is 0.920. The lowest BCUT2D eigenvalue weighted by Gasteiger charge is -2.32. The molecule has 0 radical (unpaired) electrons. The normalized spacial score (nSPS) is 15.7. The number of methoxy groups -OCH3 is 1. The van der Waals surface area contributed by atoms with Gasteiger partial charge in [-0.2, -0.15) is 4.31 Å². The van der Waals surface area contributed by atoms with E-state index in [2.05, 4.69) is 0 Å². The van der Waals surface area contributed by atoms with Crippen LogP contribution in [0.3, 0.4) is 0 Å². The number of hydrogen-bond acceptors (Lipinski definition) is 4. The van der Waals surface area contributed by atoms with Gasteiger partial charge in [-0.25, -0.2) is 12.8 Å². The number of nitrogens with zero attached hydrogens (tertiary/aromatic N) is 2. The Bertz CT molecular complexity index is 1010. The van der Waals surface area contributed by atoms with E-state index in [1.807, 2.05) is 24.3 Å². The summed E-state index contributed by atoms with van der Waals surface area (Å²) < 4.78 is 45.4. The van der Waals surface area contributed by atoms with Gasteiger partial charge in [-0.3, -0.25) is 4.79 Å². The molecule has 1 heterocycles. The third-order valence-electron chi connectivity index (χ3n) is 5.29. The Kier molecular flexibility index (Phi) is 7.00. The highest BCUT2D eigenvalue weighted by molar-refractivity contribution is 7.89. The highest BCUT2D eigenvalue weighted by Crippen LogP contribution is 2.27. The first-order valence-electron chi connectivity index (χ1n) is 9.55. The molecule has 0 aliphatic carbocycles. The predicted molar refractivity (Wildman–Crippen MR) is 112 cm³/mol. The fourth-order valence-corrected chi connectivity index (χ4v) is 5.27. The fourth-order valence-electron chi connectivity index (χ4n) is 3.52. The van der Waals surface area contributed by atoms with E-state index >= 15 is 0 Å². The monoisotopic (exact) mass is 454 g/mol. The summed E-state index contributed by atoms with van der Waals surface area (Å²) in [4.78, 5) is 14.4. The predicted octanol–water partition coefficient (Wildman–Crippen LogP) is 3.55. The Morgan fingerprint density at radius 1 is 1.20 bits per heavy atom. The van der Waals surface area contributed by atoms with Crippen molar-refractivity contribution in [3.05, 3.63) is 58.9 Å². The van der Waals surface area contributed by atoms with E-state index in [-0.39, 0.29) is 34.8 Å². The van der Waals surface area contributed by atoms with Crippen LogP contribution in [0.25, 0.3) is 0 Å². The van der Waals surface area contributed by atoms with Gasteiger partial charge in [0.25, 0.3) is 0 Å². The van der Waals surface area contributed by atoms with E-state index in [0.717, 1.165) is 23.4 Å². The topological polar surface area (TPSA) is 66.9 Å². The van der Waals surface area contributed by atoms with Crippen molar-refractivity contribution in [3.63, 3.8) is 0 Å². The maximum Gasteiger partial charge on any atom is 0.243 e. The first kappa shape index (κ1) is 22.5. The average molecular weight is 455 g/mol. The van der Waals surface area contributed by atoms with Gasteiger partial charge in [-0.05, 0) is 48.7 Å². The van der Waals surface area contributed by atoms with Crippen LogP contribution in [0, 0.1) is 11.7 Å². The number of rotatable bonds is 6. The largest absolute Gasteiger partial charge is 0.497 e. The van der Waals surface area contributed by atoms with E-state index in [1.54, 1.807) is 19.1 Å². The van der Waals surface area contributed by atoms with Crippen LogP contribution in [0.15, 0.2) is 47.4 Å².